The van der Waals surface area contributed by atoms with Gasteiger partial charge >= 0.3 is 0 Å². The molecule has 2 aromatic heterocycles. The smallest absolute Gasteiger partial charge is 0.253 e. The van der Waals surface area contributed by atoms with Gasteiger partial charge in [0.15, 0.2) is 0 Å². The molecule has 1 unspecified atom stereocenters. The van der Waals surface area contributed by atoms with E-state index in [0.717, 1.165) is 51.7 Å². The number of anilines is 1. The summed E-state index contributed by atoms with van der Waals surface area (Å²) in [6.07, 6.45) is 3.56. The highest BCUT2D eigenvalue weighted by Crippen LogP contribution is 2.30. The topological polar surface area (TPSA) is 88.7 Å². The molecule has 2 fully saturated rings. The standard InChI is InChI=1S/C34H42BrN7O3/c1-22-18-38(33(43)26-8-13-31-30(17-26)24(3)25(4)39(31)15-16-45-5)19-23(2)41(22)20-28-21-42(37-36-28)32-7-6-14-40(34(32)44)29-11-9-27(35)10-12-29/h8-13,17,21-23,32H,6-7,14-16,18-20H2,1-5H3/t22-,23+,32?. The van der Waals surface area contributed by atoms with E-state index in [1.807, 2.05) is 52.4 Å². The van der Waals surface area contributed by atoms with Crippen LogP contribution in [0.25, 0.3) is 10.9 Å². The molecule has 0 spiro atoms. The molecule has 11 heteroatoms. The van der Waals surface area contributed by atoms with Gasteiger partial charge in [0, 0.05) is 84.2 Å². The summed E-state index contributed by atoms with van der Waals surface area (Å²) in [4.78, 5) is 33.4. The molecule has 2 saturated heterocycles. The van der Waals surface area contributed by atoms with Crippen LogP contribution in [0.5, 0.6) is 0 Å². The summed E-state index contributed by atoms with van der Waals surface area (Å²) < 4.78 is 10.3. The van der Waals surface area contributed by atoms with E-state index in [1.54, 1.807) is 11.8 Å². The average Bonchev–Trinajstić information content (AvgIpc) is 3.59. The van der Waals surface area contributed by atoms with Crippen LogP contribution >= 0.6 is 15.9 Å². The van der Waals surface area contributed by atoms with Crippen LogP contribution in [0, 0.1) is 13.8 Å². The molecule has 2 amide bonds. The largest absolute Gasteiger partial charge is 0.383 e. The molecular formula is C34H42BrN7O3. The predicted molar refractivity (Wildman–Crippen MR) is 178 cm³/mol. The lowest BCUT2D eigenvalue weighted by Gasteiger charge is -2.44. The van der Waals surface area contributed by atoms with Crippen molar-refractivity contribution < 1.29 is 14.3 Å². The molecule has 2 aliphatic rings. The SMILES string of the molecule is COCCn1c(C)c(C)c2cc(C(=O)N3C[C@@H](C)N(Cc4cn(C5CCCN(c6ccc(Br)cc6)C5=O)nn4)[C@@H](C)C3)ccc21. The van der Waals surface area contributed by atoms with Crippen molar-refractivity contribution in [3.8, 4) is 0 Å². The van der Waals surface area contributed by atoms with Crippen LogP contribution in [0.1, 0.15) is 60.0 Å². The van der Waals surface area contributed by atoms with Gasteiger partial charge < -0.3 is 19.1 Å². The van der Waals surface area contributed by atoms with Crippen LogP contribution in [-0.4, -0.2) is 86.6 Å². The third kappa shape index (κ3) is 6.17. The molecule has 4 aromatic rings. The van der Waals surface area contributed by atoms with Crippen molar-refractivity contribution in [1.82, 2.24) is 29.4 Å². The third-order valence-corrected chi connectivity index (χ3v) is 10.1. The second kappa shape index (κ2) is 13.1. The number of aryl methyl sites for hydroxylation is 1. The molecule has 0 saturated carbocycles. The number of ether oxygens (including phenoxy) is 1. The Morgan fingerprint density at radius 2 is 1.80 bits per heavy atom. The first kappa shape index (κ1) is 31.4. The van der Waals surface area contributed by atoms with Gasteiger partial charge in [0.1, 0.15) is 6.04 Å². The molecule has 3 atom stereocenters. The molecular weight excluding hydrogens is 634 g/mol. The molecule has 10 nitrogen and oxygen atoms in total. The van der Waals surface area contributed by atoms with Crippen LogP contribution in [0.3, 0.4) is 0 Å². The first-order chi connectivity index (χ1) is 21.7. The second-order valence-corrected chi connectivity index (χ2v) is 13.4. The summed E-state index contributed by atoms with van der Waals surface area (Å²) in [7, 11) is 1.72. The normalized spacial score (nSPS) is 21.2. The van der Waals surface area contributed by atoms with Gasteiger partial charge in [-0.25, -0.2) is 4.68 Å². The van der Waals surface area contributed by atoms with Gasteiger partial charge in [-0.1, -0.05) is 21.1 Å². The number of benzene rings is 2. The van der Waals surface area contributed by atoms with Crippen molar-refractivity contribution in [2.45, 2.75) is 71.8 Å². The van der Waals surface area contributed by atoms with Crippen LogP contribution in [0.15, 0.2) is 53.1 Å². The molecule has 2 aromatic carbocycles. The number of aromatic nitrogens is 4. The fraction of sp³-hybridized carbons (Fsp3) is 0.471. The third-order valence-electron chi connectivity index (χ3n) is 9.56. The molecule has 0 N–H and O–H groups in total. The molecule has 0 bridgehead atoms. The number of halogens is 1. The Balaban J connectivity index is 1.11. The van der Waals surface area contributed by atoms with Gasteiger partial charge in [-0.05, 0) is 88.6 Å². The van der Waals surface area contributed by atoms with Gasteiger partial charge in [-0.3, -0.25) is 14.5 Å². The Morgan fingerprint density at radius 1 is 1.07 bits per heavy atom. The zero-order chi connectivity index (χ0) is 31.8. The maximum atomic E-state index is 13.7. The number of hydrogen-bond acceptors (Lipinski definition) is 6. The predicted octanol–water partition coefficient (Wildman–Crippen LogP) is 5.36. The van der Waals surface area contributed by atoms with Gasteiger partial charge in [0.05, 0.1) is 18.5 Å². The number of carbonyl (C=O) groups is 2. The molecule has 238 valence electrons. The fourth-order valence-corrected chi connectivity index (χ4v) is 7.24. The fourth-order valence-electron chi connectivity index (χ4n) is 6.97. The summed E-state index contributed by atoms with van der Waals surface area (Å²) in [6, 6.07) is 13.8. The minimum Gasteiger partial charge on any atom is -0.383 e. The number of hydrogen-bond donors (Lipinski definition) is 0. The number of piperazine rings is 1. The second-order valence-electron chi connectivity index (χ2n) is 12.5. The monoisotopic (exact) mass is 675 g/mol. The summed E-state index contributed by atoms with van der Waals surface area (Å²) in [5.74, 6) is 0.109. The van der Waals surface area contributed by atoms with Crippen molar-refractivity contribution in [2.24, 2.45) is 0 Å². The molecule has 6 rings (SSSR count). The van der Waals surface area contributed by atoms with E-state index in [2.05, 4.69) is 69.5 Å². The lowest BCUT2D eigenvalue weighted by molar-refractivity contribution is -0.123. The zero-order valence-corrected chi connectivity index (χ0v) is 28.3. The number of carbonyl (C=O) groups excluding carboxylic acids is 2. The Labute approximate surface area is 273 Å². The summed E-state index contributed by atoms with van der Waals surface area (Å²) >= 11 is 3.47. The summed E-state index contributed by atoms with van der Waals surface area (Å²) in [5.41, 5.74) is 5.99. The number of nitrogens with zero attached hydrogens (tertiary/aromatic N) is 7. The van der Waals surface area contributed by atoms with E-state index >= 15 is 0 Å². The van der Waals surface area contributed by atoms with Crippen LogP contribution in [-0.2, 0) is 22.6 Å². The number of piperidine rings is 1. The van der Waals surface area contributed by atoms with E-state index in [0.29, 0.717) is 32.8 Å². The number of fused-ring (bicyclic) bond motifs is 1. The zero-order valence-electron chi connectivity index (χ0n) is 26.7. The van der Waals surface area contributed by atoms with Crippen LogP contribution < -0.4 is 4.90 Å². The first-order valence-corrected chi connectivity index (χ1v) is 16.6. The first-order valence-electron chi connectivity index (χ1n) is 15.8. The Morgan fingerprint density at radius 3 is 2.51 bits per heavy atom. The maximum Gasteiger partial charge on any atom is 0.253 e. The average molecular weight is 677 g/mol. The molecule has 4 heterocycles. The lowest BCUT2D eigenvalue weighted by atomic mass is 10.0. The van der Waals surface area contributed by atoms with Crippen molar-refractivity contribution >= 4 is 44.3 Å². The van der Waals surface area contributed by atoms with Gasteiger partial charge in [0.25, 0.3) is 11.8 Å². The summed E-state index contributed by atoms with van der Waals surface area (Å²) in [6.45, 7) is 12.6. The maximum absolute atomic E-state index is 13.7. The summed E-state index contributed by atoms with van der Waals surface area (Å²) in [5, 5.41) is 9.99. The van der Waals surface area contributed by atoms with E-state index in [4.69, 9.17) is 4.74 Å². The van der Waals surface area contributed by atoms with Gasteiger partial charge in [0.2, 0.25) is 0 Å². The van der Waals surface area contributed by atoms with Crippen LogP contribution in [0.2, 0.25) is 0 Å². The van der Waals surface area contributed by atoms with Crippen molar-refractivity contribution in [2.75, 3.05) is 38.3 Å². The van der Waals surface area contributed by atoms with E-state index < -0.39 is 0 Å². The molecule has 0 aliphatic carbocycles. The molecule has 45 heavy (non-hydrogen) atoms. The number of methoxy groups -OCH3 is 1. The van der Waals surface area contributed by atoms with Crippen molar-refractivity contribution in [3.63, 3.8) is 0 Å². The highest BCUT2D eigenvalue weighted by molar-refractivity contribution is 9.10. The van der Waals surface area contributed by atoms with Crippen LogP contribution in [0.4, 0.5) is 5.69 Å². The Hall–Kier alpha value is -3.54. The van der Waals surface area contributed by atoms with E-state index in [9.17, 15) is 9.59 Å². The molecule has 0 radical (unpaired) electrons. The van der Waals surface area contributed by atoms with Crippen molar-refractivity contribution in [3.05, 3.63) is 75.6 Å². The van der Waals surface area contributed by atoms with Gasteiger partial charge in [-0.15, -0.1) is 5.10 Å². The minimum absolute atomic E-state index is 0.0453. The highest BCUT2D eigenvalue weighted by Gasteiger charge is 2.35. The lowest BCUT2D eigenvalue weighted by Crippen LogP contribution is -2.57. The highest BCUT2D eigenvalue weighted by atomic mass is 79.9. The Kier molecular flexibility index (Phi) is 9.12. The van der Waals surface area contributed by atoms with E-state index in [1.165, 1.54) is 11.3 Å². The number of amides is 2. The van der Waals surface area contributed by atoms with Crippen molar-refractivity contribution in [1.29, 1.82) is 0 Å². The Bertz CT molecular complexity index is 1690. The van der Waals surface area contributed by atoms with Gasteiger partial charge in [-0.2, -0.15) is 0 Å². The minimum atomic E-state index is -0.366. The molecule has 2 aliphatic heterocycles. The quantitative estimate of drug-likeness (QED) is 0.250. The van der Waals surface area contributed by atoms with E-state index in [-0.39, 0.29) is 29.9 Å². The number of rotatable bonds is 8.